The van der Waals surface area contributed by atoms with Crippen LogP contribution in [0.4, 0.5) is 5.69 Å². The van der Waals surface area contributed by atoms with E-state index < -0.39 is 18.4 Å². The fourth-order valence-electron chi connectivity index (χ4n) is 3.97. The van der Waals surface area contributed by atoms with Crippen LogP contribution in [0.2, 0.25) is 13.3 Å². The molecular weight excluding hydrogens is 423 g/mol. The third-order valence-corrected chi connectivity index (χ3v) is 19.9. The van der Waals surface area contributed by atoms with Crippen LogP contribution in [0.3, 0.4) is 0 Å². The summed E-state index contributed by atoms with van der Waals surface area (Å²) in [7, 11) is 0. The van der Waals surface area contributed by atoms with E-state index in [-0.39, 0.29) is 0 Å². The van der Waals surface area contributed by atoms with Gasteiger partial charge in [0, 0.05) is 0 Å². The Morgan fingerprint density at radius 1 is 0.923 bits per heavy atom. The number of hydrogen-bond acceptors (Lipinski definition) is 2. The van der Waals surface area contributed by atoms with Gasteiger partial charge in [-0.1, -0.05) is 0 Å². The Labute approximate surface area is 165 Å². The standard InChI is InChI=1S/C11H11N2.3C4H9.Sn/c1-9-7-8-12-11(9)13-10-5-3-2-4-6-10;3*1-3-4-2;/h1-6H,7-8H2,(H,12,13);3*1,3-4H2,2H3;. The molecule has 0 amide bonds. The van der Waals surface area contributed by atoms with Crippen LogP contribution in [0.15, 0.2) is 45.0 Å². The van der Waals surface area contributed by atoms with Gasteiger partial charge < -0.3 is 0 Å². The number of aliphatic imine (C=N–C) groups is 1. The van der Waals surface area contributed by atoms with Crippen LogP contribution in [0.1, 0.15) is 65.7 Å². The van der Waals surface area contributed by atoms with Crippen molar-refractivity contribution in [1.29, 1.82) is 0 Å². The summed E-state index contributed by atoms with van der Waals surface area (Å²) in [4.78, 5) is 4.81. The number of nitrogens with zero attached hydrogens (tertiary/aromatic N) is 1. The third-order valence-electron chi connectivity index (χ3n) is 5.56. The molecule has 0 spiro atoms. The molecule has 0 unspecified atom stereocenters. The van der Waals surface area contributed by atoms with Crippen molar-refractivity contribution >= 4 is 29.9 Å². The number of unbranched alkanes of at least 4 members (excludes halogenated alkanes) is 3. The Morgan fingerprint density at radius 3 is 2.04 bits per heavy atom. The van der Waals surface area contributed by atoms with Gasteiger partial charge in [-0.15, -0.1) is 0 Å². The molecule has 1 aromatic rings. The normalized spacial score (nSPS) is 16.1. The zero-order valence-corrected chi connectivity index (χ0v) is 20.0. The second kappa shape index (κ2) is 11.8. The van der Waals surface area contributed by atoms with Crippen LogP contribution in [0.25, 0.3) is 0 Å². The van der Waals surface area contributed by atoms with Crippen molar-refractivity contribution in [2.45, 2.75) is 79.0 Å². The second-order valence-electron chi connectivity index (χ2n) is 7.81. The fourth-order valence-corrected chi connectivity index (χ4v) is 19.3. The molecule has 0 saturated heterocycles. The van der Waals surface area contributed by atoms with Crippen LogP contribution in [-0.4, -0.2) is 30.8 Å². The first kappa shape index (κ1) is 21.5. The van der Waals surface area contributed by atoms with Crippen molar-refractivity contribution in [2.24, 2.45) is 4.99 Å². The van der Waals surface area contributed by atoms with E-state index in [0.29, 0.717) is 0 Å². The zero-order chi connectivity index (χ0) is 18.7. The SMILES string of the molecule is CCC[CH2][Sn](/[CH]=C1/CCN=C1Nc1ccccc1)([CH2]CCC)[CH2]CCC. The summed E-state index contributed by atoms with van der Waals surface area (Å²) >= 11 is -2.25. The van der Waals surface area contributed by atoms with E-state index in [1.165, 1.54) is 57.4 Å². The number of amidine groups is 1. The molecule has 0 radical (unpaired) electrons. The molecule has 3 heteroatoms. The van der Waals surface area contributed by atoms with Gasteiger partial charge in [0.15, 0.2) is 0 Å². The van der Waals surface area contributed by atoms with Gasteiger partial charge in [0.25, 0.3) is 0 Å². The number of hydrogen-bond donors (Lipinski definition) is 1. The summed E-state index contributed by atoms with van der Waals surface area (Å²) in [5.41, 5.74) is 2.70. The Morgan fingerprint density at radius 2 is 1.50 bits per heavy atom. The van der Waals surface area contributed by atoms with E-state index in [1.54, 1.807) is 0 Å². The van der Waals surface area contributed by atoms with Crippen molar-refractivity contribution in [1.82, 2.24) is 0 Å². The average molecular weight is 461 g/mol. The van der Waals surface area contributed by atoms with Gasteiger partial charge in [0.1, 0.15) is 0 Å². The Balaban J connectivity index is 2.22. The first-order chi connectivity index (χ1) is 12.7. The first-order valence-corrected chi connectivity index (χ1v) is 18.5. The van der Waals surface area contributed by atoms with Crippen molar-refractivity contribution in [2.75, 3.05) is 11.9 Å². The summed E-state index contributed by atoms with van der Waals surface area (Å²) in [6.45, 7) is 8.01. The van der Waals surface area contributed by atoms with Crippen molar-refractivity contribution in [3.05, 3.63) is 40.0 Å². The molecule has 2 rings (SSSR count). The number of anilines is 1. The van der Waals surface area contributed by atoms with Crippen LogP contribution < -0.4 is 5.32 Å². The first-order valence-electron chi connectivity index (χ1n) is 10.8. The van der Waals surface area contributed by atoms with Gasteiger partial charge >= 0.3 is 166 Å². The second-order valence-corrected chi connectivity index (χ2v) is 20.7. The van der Waals surface area contributed by atoms with Crippen LogP contribution in [0, 0.1) is 0 Å². The molecule has 2 nitrogen and oxygen atoms in total. The van der Waals surface area contributed by atoms with E-state index in [9.17, 15) is 0 Å². The average Bonchev–Trinajstić information content (AvgIpc) is 3.10. The molecule has 26 heavy (non-hydrogen) atoms. The van der Waals surface area contributed by atoms with E-state index in [1.807, 2.05) is 0 Å². The number of nitrogens with one attached hydrogen (secondary N) is 1. The Kier molecular flexibility index (Phi) is 9.80. The number of rotatable bonds is 11. The number of benzene rings is 1. The zero-order valence-electron chi connectivity index (χ0n) is 17.2. The molecule has 0 aliphatic carbocycles. The molecule has 1 N–H and O–H groups in total. The number of para-hydroxylation sites is 1. The molecule has 0 bridgehead atoms. The fraction of sp³-hybridized carbons (Fsp3) is 0.609. The maximum atomic E-state index is 4.81. The minimum absolute atomic E-state index is 0.957. The summed E-state index contributed by atoms with van der Waals surface area (Å²) in [5.74, 6) is 1.15. The van der Waals surface area contributed by atoms with Crippen LogP contribution in [0.5, 0.6) is 0 Å². The molecule has 0 aromatic heterocycles. The van der Waals surface area contributed by atoms with Gasteiger partial charge in [-0.2, -0.15) is 0 Å². The van der Waals surface area contributed by atoms with E-state index >= 15 is 0 Å². The quantitative estimate of drug-likeness (QED) is 0.346. The topological polar surface area (TPSA) is 24.4 Å². The van der Waals surface area contributed by atoms with Crippen LogP contribution in [-0.2, 0) is 0 Å². The van der Waals surface area contributed by atoms with E-state index in [0.717, 1.165) is 24.5 Å². The molecule has 0 atom stereocenters. The summed E-state index contributed by atoms with van der Waals surface area (Å²) in [5, 5.41) is 3.60. The van der Waals surface area contributed by atoms with Gasteiger partial charge in [-0.25, -0.2) is 0 Å². The summed E-state index contributed by atoms with van der Waals surface area (Å²) < 4.78 is 7.45. The van der Waals surface area contributed by atoms with Gasteiger partial charge in [-0.3, -0.25) is 0 Å². The Hall–Kier alpha value is -0.771. The van der Waals surface area contributed by atoms with Crippen molar-refractivity contribution in [3.63, 3.8) is 0 Å². The monoisotopic (exact) mass is 462 g/mol. The predicted molar refractivity (Wildman–Crippen MR) is 120 cm³/mol. The van der Waals surface area contributed by atoms with E-state index in [4.69, 9.17) is 4.99 Å². The van der Waals surface area contributed by atoms with Crippen molar-refractivity contribution in [3.8, 4) is 0 Å². The molecule has 0 fully saturated rings. The third kappa shape index (κ3) is 6.75. The molecule has 1 aliphatic rings. The van der Waals surface area contributed by atoms with Gasteiger partial charge in [0.05, 0.1) is 0 Å². The molecule has 144 valence electrons. The molecule has 1 aromatic carbocycles. The molecule has 1 aliphatic heterocycles. The van der Waals surface area contributed by atoms with Gasteiger partial charge in [-0.05, 0) is 0 Å². The van der Waals surface area contributed by atoms with Crippen LogP contribution >= 0.6 is 0 Å². The summed E-state index contributed by atoms with van der Waals surface area (Å²) in [6.07, 6.45) is 9.41. The predicted octanol–water partition coefficient (Wildman–Crippen LogP) is 7.22. The molecule has 0 saturated carbocycles. The van der Waals surface area contributed by atoms with Gasteiger partial charge in [0.2, 0.25) is 0 Å². The summed E-state index contributed by atoms with van der Waals surface area (Å²) in [6, 6.07) is 10.5. The molecular formula is C23H38N2Sn. The Bertz CT molecular complexity index is 555. The molecule has 1 heterocycles. The minimum atomic E-state index is -2.25. The van der Waals surface area contributed by atoms with Crippen molar-refractivity contribution < 1.29 is 0 Å². The van der Waals surface area contributed by atoms with E-state index in [2.05, 4.69) is 60.5 Å². The maximum absolute atomic E-state index is 4.81.